The highest BCUT2D eigenvalue weighted by molar-refractivity contribution is 5.79. The maximum Gasteiger partial charge on any atom is 0.297 e. The topological polar surface area (TPSA) is 90.9 Å². The van der Waals surface area contributed by atoms with Crippen LogP contribution in [0.15, 0.2) is 12.1 Å². The first-order valence-corrected chi connectivity index (χ1v) is 6.17. The highest BCUT2D eigenvalue weighted by Crippen LogP contribution is 2.37. The van der Waals surface area contributed by atoms with Gasteiger partial charge >= 0.3 is 0 Å². The largest absolute Gasteiger partial charge is 0.494 e. The first-order chi connectivity index (χ1) is 9.13. The van der Waals surface area contributed by atoms with Crippen molar-refractivity contribution in [2.45, 2.75) is 6.92 Å². The molecular weight excluding hydrogens is 250 g/mol. The lowest BCUT2D eigenvalue weighted by atomic mass is 10.2. The molecule has 19 heavy (non-hydrogen) atoms. The van der Waals surface area contributed by atoms with E-state index < -0.39 is 4.92 Å². The summed E-state index contributed by atoms with van der Waals surface area (Å²) < 4.78 is 10.6. The average Bonchev–Trinajstić information content (AvgIpc) is 2.41. The van der Waals surface area contributed by atoms with E-state index in [1.165, 1.54) is 6.07 Å². The molecule has 0 atom stereocenters. The second-order valence-electron chi connectivity index (χ2n) is 4.16. The van der Waals surface area contributed by atoms with Gasteiger partial charge in [-0.05, 0) is 6.92 Å². The van der Waals surface area contributed by atoms with Crippen molar-refractivity contribution in [3.05, 3.63) is 22.2 Å². The van der Waals surface area contributed by atoms with Crippen LogP contribution in [0.1, 0.15) is 6.92 Å². The number of rotatable bonds is 4. The predicted molar refractivity (Wildman–Crippen MR) is 71.7 cm³/mol. The van der Waals surface area contributed by atoms with Crippen LogP contribution in [0, 0.1) is 10.1 Å². The third kappa shape index (κ3) is 2.87. The molecule has 7 nitrogen and oxygen atoms in total. The van der Waals surface area contributed by atoms with E-state index in [1.807, 2.05) is 11.8 Å². The number of hydrogen-bond acceptors (Lipinski definition) is 6. The second kappa shape index (κ2) is 5.75. The molecule has 0 amide bonds. The number of morpholine rings is 1. The van der Waals surface area contributed by atoms with Crippen molar-refractivity contribution in [2.75, 3.05) is 43.5 Å². The monoisotopic (exact) mass is 267 g/mol. The van der Waals surface area contributed by atoms with Gasteiger partial charge in [0.1, 0.15) is 11.4 Å². The first kappa shape index (κ1) is 13.4. The lowest BCUT2D eigenvalue weighted by molar-refractivity contribution is -0.383. The Labute approximate surface area is 111 Å². The fraction of sp³-hybridized carbons (Fsp3) is 0.500. The zero-order valence-corrected chi connectivity index (χ0v) is 10.8. The molecule has 104 valence electrons. The van der Waals surface area contributed by atoms with Crippen LogP contribution in [0.5, 0.6) is 5.75 Å². The van der Waals surface area contributed by atoms with Crippen LogP contribution in [-0.4, -0.2) is 37.8 Å². The van der Waals surface area contributed by atoms with Gasteiger partial charge in [-0.15, -0.1) is 0 Å². The van der Waals surface area contributed by atoms with Crippen molar-refractivity contribution in [3.63, 3.8) is 0 Å². The summed E-state index contributed by atoms with van der Waals surface area (Å²) in [5.74, 6) is 0.463. The molecule has 0 unspecified atom stereocenters. The van der Waals surface area contributed by atoms with Gasteiger partial charge in [-0.1, -0.05) is 0 Å². The maximum atomic E-state index is 11.0. The van der Waals surface area contributed by atoms with Gasteiger partial charge in [-0.25, -0.2) is 0 Å². The highest BCUT2D eigenvalue weighted by atomic mass is 16.6. The SMILES string of the molecule is CCOc1cc(N2CCOCC2)c(N)c([N+](=O)[O-])c1. The number of nitrogens with two attached hydrogens (primary N) is 1. The Hall–Kier alpha value is -2.02. The van der Waals surface area contributed by atoms with Crippen molar-refractivity contribution in [1.29, 1.82) is 0 Å². The number of nitrogen functional groups attached to an aromatic ring is 1. The molecule has 1 heterocycles. The standard InChI is InChI=1S/C12H17N3O4/c1-2-19-9-7-10(14-3-5-18-6-4-14)12(13)11(8-9)15(16)17/h7-8H,2-6,13H2,1H3. The van der Waals surface area contributed by atoms with Gasteiger partial charge in [0.2, 0.25) is 0 Å². The third-order valence-corrected chi connectivity index (χ3v) is 2.97. The Bertz CT molecular complexity index is 472. The molecule has 0 aromatic heterocycles. The van der Waals surface area contributed by atoms with Crippen molar-refractivity contribution < 1.29 is 14.4 Å². The van der Waals surface area contributed by atoms with E-state index in [1.54, 1.807) is 6.07 Å². The Balaban J connectivity index is 2.41. The summed E-state index contributed by atoms with van der Waals surface area (Å²) in [5, 5.41) is 11.0. The van der Waals surface area contributed by atoms with Gasteiger partial charge in [0, 0.05) is 19.2 Å². The van der Waals surface area contributed by atoms with Crippen LogP contribution in [0.4, 0.5) is 17.1 Å². The Morgan fingerprint density at radius 3 is 2.74 bits per heavy atom. The average molecular weight is 267 g/mol. The molecule has 1 aromatic carbocycles. The van der Waals surface area contributed by atoms with E-state index in [2.05, 4.69) is 0 Å². The highest BCUT2D eigenvalue weighted by Gasteiger charge is 2.22. The fourth-order valence-electron chi connectivity index (χ4n) is 2.06. The lowest BCUT2D eigenvalue weighted by Gasteiger charge is -2.29. The minimum Gasteiger partial charge on any atom is -0.494 e. The molecule has 1 aliphatic heterocycles. The van der Waals surface area contributed by atoms with Crippen molar-refractivity contribution >= 4 is 17.1 Å². The minimum absolute atomic E-state index is 0.118. The van der Waals surface area contributed by atoms with Crippen molar-refractivity contribution in [3.8, 4) is 5.75 Å². The van der Waals surface area contributed by atoms with Crippen LogP contribution in [0.25, 0.3) is 0 Å². The van der Waals surface area contributed by atoms with Crippen molar-refractivity contribution in [2.24, 2.45) is 0 Å². The lowest BCUT2D eigenvalue weighted by Crippen LogP contribution is -2.36. The smallest absolute Gasteiger partial charge is 0.297 e. The number of nitro benzene ring substituents is 1. The molecule has 0 bridgehead atoms. The first-order valence-electron chi connectivity index (χ1n) is 6.17. The van der Waals surface area contributed by atoms with Crippen LogP contribution in [-0.2, 0) is 4.74 Å². The minimum atomic E-state index is -0.484. The maximum absolute atomic E-state index is 11.0. The van der Waals surface area contributed by atoms with E-state index in [0.717, 1.165) is 0 Å². The van der Waals surface area contributed by atoms with Gasteiger partial charge in [0.05, 0.1) is 36.5 Å². The summed E-state index contributed by atoms with van der Waals surface area (Å²) >= 11 is 0. The number of benzene rings is 1. The van der Waals surface area contributed by atoms with Crippen LogP contribution in [0.3, 0.4) is 0 Å². The number of ether oxygens (including phenoxy) is 2. The van der Waals surface area contributed by atoms with Gasteiger partial charge in [0.25, 0.3) is 5.69 Å². The second-order valence-corrected chi connectivity index (χ2v) is 4.16. The summed E-state index contributed by atoms with van der Waals surface area (Å²) in [6.45, 7) is 4.78. The zero-order valence-electron chi connectivity index (χ0n) is 10.8. The molecule has 2 N–H and O–H groups in total. The van der Waals surface area contributed by atoms with Gasteiger partial charge in [0.15, 0.2) is 0 Å². The number of nitrogens with zero attached hydrogens (tertiary/aromatic N) is 2. The molecular formula is C12H17N3O4. The summed E-state index contributed by atoms with van der Waals surface area (Å²) in [6.07, 6.45) is 0. The Morgan fingerprint density at radius 1 is 1.47 bits per heavy atom. The van der Waals surface area contributed by atoms with Crippen LogP contribution >= 0.6 is 0 Å². The fourth-order valence-corrected chi connectivity index (χ4v) is 2.06. The van der Waals surface area contributed by atoms with E-state index in [4.69, 9.17) is 15.2 Å². The van der Waals surface area contributed by atoms with E-state index in [-0.39, 0.29) is 11.4 Å². The van der Waals surface area contributed by atoms with Crippen LogP contribution < -0.4 is 15.4 Å². The summed E-state index contributed by atoms with van der Waals surface area (Å²) in [6, 6.07) is 3.11. The number of hydrogen-bond donors (Lipinski definition) is 1. The molecule has 1 fully saturated rings. The van der Waals surface area contributed by atoms with E-state index in [0.29, 0.717) is 44.3 Å². The normalized spacial score (nSPS) is 15.3. The van der Waals surface area contributed by atoms with Crippen molar-refractivity contribution in [1.82, 2.24) is 0 Å². The molecule has 1 aromatic rings. The quantitative estimate of drug-likeness (QED) is 0.504. The molecule has 1 aliphatic rings. The zero-order chi connectivity index (χ0) is 13.8. The van der Waals surface area contributed by atoms with E-state index in [9.17, 15) is 10.1 Å². The van der Waals surface area contributed by atoms with Gasteiger partial charge in [-0.3, -0.25) is 10.1 Å². The Morgan fingerprint density at radius 2 is 2.16 bits per heavy atom. The summed E-state index contributed by atoms with van der Waals surface area (Å²) in [7, 11) is 0. The predicted octanol–water partition coefficient (Wildman–Crippen LogP) is 1.41. The molecule has 7 heteroatoms. The summed E-state index contributed by atoms with van der Waals surface area (Å²) in [4.78, 5) is 12.5. The van der Waals surface area contributed by atoms with E-state index >= 15 is 0 Å². The summed E-state index contributed by atoms with van der Waals surface area (Å²) in [5.41, 5.74) is 6.60. The molecule has 1 saturated heterocycles. The molecule has 0 spiro atoms. The third-order valence-electron chi connectivity index (χ3n) is 2.97. The van der Waals surface area contributed by atoms with Gasteiger partial charge in [-0.2, -0.15) is 0 Å². The Kier molecular flexibility index (Phi) is 4.06. The van der Waals surface area contributed by atoms with Gasteiger partial charge < -0.3 is 20.1 Å². The number of anilines is 2. The molecule has 0 radical (unpaired) electrons. The molecule has 2 rings (SSSR count). The van der Waals surface area contributed by atoms with Crippen LogP contribution in [0.2, 0.25) is 0 Å². The number of nitro groups is 1. The molecule has 0 saturated carbocycles. The molecule has 0 aliphatic carbocycles.